The molecule has 3 heterocycles. The Bertz CT molecular complexity index is 1040. The van der Waals surface area contributed by atoms with E-state index in [0.717, 1.165) is 29.1 Å². The third kappa shape index (κ3) is 3.96. The van der Waals surface area contributed by atoms with Crippen LogP contribution in [0.15, 0.2) is 48.5 Å². The summed E-state index contributed by atoms with van der Waals surface area (Å²) in [4.78, 5) is 29.6. The number of para-hydroxylation sites is 3. The number of benzene rings is 2. The molecular weight excluding hydrogens is 382 g/mol. The third-order valence-electron chi connectivity index (χ3n) is 5.43. The van der Waals surface area contributed by atoms with E-state index < -0.39 is 0 Å². The van der Waals surface area contributed by atoms with Crippen LogP contribution in [0.25, 0.3) is 10.9 Å². The number of carbonyl (C=O) groups excluding carboxylic acids is 2. The molecule has 0 bridgehead atoms. The summed E-state index contributed by atoms with van der Waals surface area (Å²) in [5, 5.41) is 1.25. The van der Waals surface area contributed by atoms with Crippen molar-refractivity contribution in [1.29, 1.82) is 0 Å². The standard InChI is InChI=1S/C16H19N3O2.C7H6O2/c1-11-7-13-12-5-3-4-6-14(12)17-15(13)8-19(11)16(21)9-18(2)10-20;1-2-4-7-6(3-1)8-5-9-7/h3-6,10-11,17H,7-9H2,1-2H3;1-4H,5H2. The van der Waals surface area contributed by atoms with E-state index in [1.165, 1.54) is 15.8 Å². The molecule has 2 aliphatic rings. The largest absolute Gasteiger partial charge is 0.454 e. The van der Waals surface area contributed by atoms with E-state index in [0.29, 0.717) is 19.7 Å². The van der Waals surface area contributed by atoms with Gasteiger partial charge in [-0.2, -0.15) is 0 Å². The average molecular weight is 407 g/mol. The van der Waals surface area contributed by atoms with Crippen LogP contribution in [0.4, 0.5) is 0 Å². The van der Waals surface area contributed by atoms with E-state index in [1.807, 2.05) is 41.3 Å². The molecule has 2 aromatic carbocycles. The van der Waals surface area contributed by atoms with E-state index in [1.54, 1.807) is 7.05 Å². The lowest BCUT2D eigenvalue weighted by Crippen LogP contribution is -2.46. The zero-order valence-corrected chi connectivity index (χ0v) is 17.1. The monoisotopic (exact) mass is 407 g/mol. The number of carbonyl (C=O) groups is 2. The molecule has 1 N–H and O–H groups in total. The van der Waals surface area contributed by atoms with E-state index in [9.17, 15) is 9.59 Å². The number of aromatic nitrogens is 1. The minimum absolute atomic E-state index is 0.0126. The first-order valence-corrected chi connectivity index (χ1v) is 9.95. The van der Waals surface area contributed by atoms with Crippen LogP contribution < -0.4 is 9.47 Å². The third-order valence-corrected chi connectivity index (χ3v) is 5.43. The molecule has 0 spiro atoms. The highest BCUT2D eigenvalue weighted by atomic mass is 16.7. The van der Waals surface area contributed by atoms with E-state index >= 15 is 0 Å². The number of aromatic amines is 1. The first-order valence-electron chi connectivity index (χ1n) is 9.95. The van der Waals surface area contributed by atoms with Crippen molar-refractivity contribution < 1.29 is 19.1 Å². The van der Waals surface area contributed by atoms with Gasteiger partial charge in [-0.3, -0.25) is 9.59 Å². The molecule has 0 saturated carbocycles. The number of likely N-dealkylation sites (N-methyl/N-ethyl adjacent to an activating group) is 1. The van der Waals surface area contributed by atoms with Gasteiger partial charge < -0.3 is 24.3 Å². The van der Waals surface area contributed by atoms with Gasteiger partial charge in [-0.05, 0) is 37.1 Å². The molecule has 1 atom stereocenters. The number of amides is 2. The highest BCUT2D eigenvalue weighted by Gasteiger charge is 2.29. The second-order valence-electron chi connectivity index (χ2n) is 7.58. The molecule has 1 unspecified atom stereocenters. The fraction of sp³-hybridized carbons (Fsp3) is 0.304. The zero-order valence-electron chi connectivity index (χ0n) is 17.1. The lowest BCUT2D eigenvalue weighted by Gasteiger charge is -2.34. The summed E-state index contributed by atoms with van der Waals surface area (Å²) in [6.07, 6.45) is 1.52. The highest BCUT2D eigenvalue weighted by Crippen LogP contribution is 2.31. The van der Waals surface area contributed by atoms with Crippen LogP contribution in [0.2, 0.25) is 0 Å². The summed E-state index contributed by atoms with van der Waals surface area (Å²) < 4.78 is 10.2. The first-order chi connectivity index (χ1) is 14.6. The Kier molecular flexibility index (Phi) is 5.61. The van der Waals surface area contributed by atoms with E-state index in [-0.39, 0.29) is 18.5 Å². The van der Waals surface area contributed by atoms with Crippen LogP contribution in [0, 0.1) is 0 Å². The first kappa shape index (κ1) is 19.8. The molecule has 5 rings (SSSR count). The zero-order chi connectivity index (χ0) is 21.1. The van der Waals surface area contributed by atoms with Crippen molar-refractivity contribution in [3.05, 3.63) is 59.8 Å². The second kappa shape index (κ2) is 8.49. The van der Waals surface area contributed by atoms with Crippen molar-refractivity contribution in [2.75, 3.05) is 20.4 Å². The van der Waals surface area contributed by atoms with Gasteiger partial charge in [0.2, 0.25) is 19.1 Å². The predicted molar refractivity (Wildman–Crippen MR) is 113 cm³/mol. The molecule has 7 nitrogen and oxygen atoms in total. The van der Waals surface area contributed by atoms with Crippen molar-refractivity contribution in [2.45, 2.75) is 25.9 Å². The van der Waals surface area contributed by atoms with Crippen molar-refractivity contribution in [3.63, 3.8) is 0 Å². The lowest BCUT2D eigenvalue weighted by molar-refractivity contribution is -0.137. The number of nitrogens with one attached hydrogen (secondary N) is 1. The number of hydrogen-bond acceptors (Lipinski definition) is 4. The van der Waals surface area contributed by atoms with Crippen LogP contribution in [0.1, 0.15) is 18.2 Å². The summed E-state index contributed by atoms with van der Waals surface area (Å²) >= 11 is 0. The van der Waals surface area contributed by atoms with Crippen LogP contribution in [-0.2, 0) is 22.6 Å². The van der Waals surface area contributed by atoms with Gasteiger partial charge >= 0.3 is 0 Å². The van der Waals surface area contributed by atoms with Gasteiger partial charge in [0.25, 0.3) is 0 Å². The predicted octanol–water partition coefficient (Wildman–Crippen LogP) is 2.94. The molecule has 2 amide bonds. The van der Waals surface area contributed by atoms with Gasteiger partial charge in [-0.15, -0.1) is 0 Å². The van der Waals surface area contributed by atoms with Crippen LogP contribution in [0.5, 0.6) is 11.5 Å². The van der Waals surface area contributed by atoms with Gasteiger partial charge in [0.1, 0.15) is 0 Å². The molecule has 156 valence electrons. The Morgan fingerprint density at radius 1 is 1.17 bits per heavy atom. The Labute approximate surface area is 175 Å². The average Bonchev–Trinajstić information content (AvgIpc) is 3.37. The van der Waals surface area contributed by atoms with Gasteiger partial charge in [-0.1, -0.05) is 30.3 Å². The highest BCUT2D eigenvalue weighted by molar-refractivity contribution is 5.86. The number of H-pyrrole nitrogens is 1. The lowest BCUT2D eigenvalue weighted by atomic mass is 9.97. The quantitative estimate of drug-likeness (QED) is 0.678. The molecule has 0 saturated heterocycles. The summed E-state index contributed by atoms with van der Waals surface area (Å²) in [5.74, 6) is 1.68. The summed E-state index contributed by atoms with van der Waals surface area (Å²) in [6, 6.07) is 16.0. The van der Waals surface area contributed by atoms with Crippen molar-refractivity contribution in [3.8, 4) is 11.5 Å². The number of rotatable bonds is 3. The Hall–Kier alpha value is -3.48. The van der Waals surface area contributed by atoms with Crippen LogP contribution >= 0.6 is 0 Å². The molecule has 0 fully saturated rings. The van der Waals surface area contributed by atoms with Crippen molar-refractivity contribution in [1.82, 2.24) is 14.8 Å². The van der Waals surface area contributed by atoms with Crippen molar-refractivity contribution >= 4 is 23.2 Å². The number of nitrogens with zero attached hydrogens (tertiary/aromatic N) is 2. The number of ether oxygens (including phenoxy) is 2. The maximum Gasteiger partial charge on any atom is 0.242 e. The minimum Gasteiger partial charge on any atom is -0.454 e. The maximum atomic E-state index is 12.3. The fourth-order valence-electron chi connectivity index (χ4n) is 3.88. The number of hydrogen-bond donors (Lipinski definition) is 1. The summed E-state index contributed by atoms with van der Waals surface area (Å²) in [7, 11) is 1.62. The molecule has 2 aliphatic heterocycles. The Morgan fingerprint density at radius 2 is 1.83 bits per heavy atom. The smallest absolute Gasteiger partial charge is 0.242 e. The normalized spacial score (nSPS) is 16.5. The molecule has 30 heavy (non-hydrogen) atoms. The summed E-state index contributed by atoms with van der Waals surface area (Å²) in [6.45, 7) is 3.13. The van der Waals surface area contributed by atoms with Gasteiger partial charge in [0, 0.05) is 29.7 Å². The molecule has 7 heteroatoms. The Morgan fingerprint density at radius 3 is 2.53 bits per heavy atom. The minimum atomic E-state index is -0.0126. The second-order valence-corrected chi connectivity index (χ2v) is 7.58. The Balaban J connectivity index is 0.000000200. The van der Waals surface area contributed by atoms with Gasteiger partial charge in [0.15, 0.2) is 11.5 Å². The SMILES string of the molecule is CC1Cc2c([nH]c3ccccc23)CN1C(=O)CN(C)C=O.c1ccc2c(c1)OCO2. The van der Waals surface area contributed by atoms with E-state index in [2.05, 4.69) is 24.0 Å². The van der Waals surface area contributed by atoms with Gasteiger partial charge in [-0.25, -0.2) is 0 Å². The molecule has 1 aromatic heterocycles. The summed E-state index contributed by atoms with van der Waals surface area (Å²) in [5.41, 5.74) is 3.54. The van der Waals surface area contributed by atoms with E-state index in [4.69, 9.17) is 9.47 Å². The molecule has 3 aromatic rings. The molecule has 0 aliphatic carbocycles. The topological polar surface area (TPSA) is 74.9 Å². The van der Waals surface area contributed by atoms with Crippen molar-refractivity contribution in [2.24, 2.45) is 0 Å². The molecular formula is C23H25N3O4. The fourth-order valence-corrected chi connectivity index (χ4v) is 3.88. The maximum absolute atomic E-state index is 12.3. The van der Waals surface area contributed by atoms with Gasteiger partial charge in [0.05, 0.1) is 13.1 Å². The van der Waals surface area contributed by atoms with Crippen LogP contribution in [-0.4, -0.2) is 53.5 Å². The number of fused-ring (bicyclic) bond motifs is 4. The molecule has 0 radical (unpaired) electrons. The van der Waals surface area contributed by atoms with Crippen LogP contribution in [0.3, 0.4) is 0 Å².